The summed E-state index contributed by atoms with van der Waals surface area (Å²) in [6, 6.07) is 7.91. The Hall–Kier alpha value is -1.96. The molecule has 0 fully saturated rings. The fraction of sp³-hybridized carbons (Fsp3) is 0.250. The molecule has 0 bridgehead atoms. The number of rotatable bonds is 4. The van der Waals surface area contributed by atoms with Gasteiger partial charge in [-0.15, -0.1) is 11.3 Å². The van der Waals surface area contributed by atoms with Crippen LogP contribution >= 0.6 is 11.3 Å². The Labute approximate surface area is 123 Å². The van der Waals surface area contributed by atoms with Crippen molar-refractivity contribution in [3.05, 3.63) is 45.6 Å². The first-order valence-electron chi connectivity index (χ1n) is 6.26. The van der Waals surface area contributed by atoms with Gasteiger partial charge in [-0.05, 0) is 30.7 Å². The molecule has 104 valence electrons. The molecule has 0 atom stereocenters. The van der Waals surface area contributed by atoms with Crippen molar-refractivity contribution in [1.82, 2.24) is 0 Å². The van der Waals surface area contributed by atoms with Crippen molar-refractivity contribution in [1.29, 1.82) is 0 Å². The average Bonchev–Trinajstić information content (AvgIpc) is 2.91. The summed E-state index contributed by atoms with van der Waals surface area (Å²) < 4.78 is 11.1. The molecule has 3 nitrogen and oxygen atoms in total. The zero-order valence-electron chi connectivity index (χ0n) is 11.6. The van der Waals surface area contributed by atoms with Gasteiger partial charge in [0.25, 0.3) is 0 Å². The van der Waals surface area contributed by atoms with Crippen LogP contribution in [0.15, 0.2) is 29.6 Å². The summed E-state index contributed by atoms with van der Waals surface area (Å²) in [5, 5.41) is 2.01. The standard InChI is InChI=1S/C16H17NO2S/c1-12-5-6-15(16(8-12)18-2)19-10-14-9-13(11-20-14)4-3-7-17/h5-6,8-9,11H,7,10,17H2,1-2H3. The molecule has 0 saturated carbocycles. The van der Waals surface area contributed by atoms with Crippen LogP contribution in [0, 0.1) is 18.8 Å². The quantitative estimate of drug-likeness (QED) is 0.879. The van der Waals surface area contributed by atoms with E-state index in [9.17, 15) is 0 Å². The van der Waals surface area contributed by atoms with Crippen molar-refractivity contribution < 1.29 is 9.47 Å². The van der Waals surface area contributed by atoms with E-state index in [0.29, 0.717) is 13.2 Å². The maximum Gasteiger partial charge on any atom is 0.161 e. The van der Waals surface area contributed by atoms with Crippen LogP contribution in [-0.4, -0.2) is 13.7 Å². The second kappa shape index (κ2) is 6.99. The fourth-order valence-electron chi connectivity index (χ4n) is 1.72. The summed E-state index contributed by atoms with van der Waals surface area (Å²) in [6.07, 6.45) is 0. The topological polar surface area (TPSA) is 44.5 Å². The van der Waals surface area contributed by atoms with Crippen LogP contribution in [0.5, 0.6) is 11.5 Å². The van der Waals surface area contributed by atoms with E-state index >= 15 is 0 Å². The molecule has 2 N–H and O–H groups in total. The largest absolute Gasteiger partial charge is 0.493 e. The number of hydrogen-bond acceptors (Lipinski definition) is 4. The van der Waals surface area contributed by atoms with Gasteiger partial charge in [-0.2, -0.15) is 0 Å². The Kier molecular flexibility index (Phi) is 5.05. The van der Waals surface area contributed by atoms with Crippen molar-refractivity contribution in [3.63, 3.8) is 0 Å². The lowest BCUT2D eigenvalue weighted by molar-refractivity contribution is 0.287. The lowest BCUT2D eigenvalue weighted by Gasteiger charge is -2.10. The minimum Gasteiger partial charge on any atom is -0.493 e. The van der Waals surface area contributed by atoms with Gasteiger partial charge >= 0.3 is 0 Å². The van der Waals surface area contributed by atoms with Gasteiger partial charge in [-0.1, -0.05) is 17.9 Å². The van der Waals surface area contributed by atoms with E-state index in [-0.39, 0.29) is 0 Å². The summed E-state index contributed by atoms with van der Waals surface area (Å²) in [6.45, 7) is 2.91. The predicted molar refractivity (Wildman–Crippen MR) is 82.3 cm³/mol. The average molecular weight is 287 g/mol. The van der Waals surface area contributed by atoms with Gasteiger partial charge in [0.2, 0.25) is 0 Å². The van der Waals surface area contributed by atoms with Crippen LogP contribution in [0.4, 0.5) is 0 Å². The third-order valence-corrected chi connectivity index (χ3v) is 3.59. The fourth-order valence-corrected chi connectivity index (χ4v) is 2.45. The highest BCUT2D eigenvalue weighted by molar-refractivity contribution is 7.10. The van der Waals surface area contributed by atoms with Crippen molar-refractivity contribution in [2.75, 3.05) is 13.7 Å². The van der Waals surface area contributed by atoms with E-state index in [1.165, 1.54) is 0 Å². The first-order chi connectivity index (χ1) is 9.72. The van der Waals surface area contributed by atoms with Gasteiger partial charge in [0.15, 0.2) is 11.5 Å². The van der Waals surface area contributed by atoms with E-state index in [1.54, 1.807) is 18.4 Å². The molecule has 2 rings (SSSR count). The Morgan fingerprint density at radius 3 is 2.85 bits per heavy atom. The zero-order chi connectivity index (χ0) is 14.4. The number of aryl methyl sites for hydroxylation is 1. The second-order valence-corrected chi connectivity index (χ2v) is 5.25. The number of hydrogen-bond donors (Lipinski definition) is 1. The first-order valence-corrected chi connectivity index (χ1v) is 7.14. The molecule has 1 aromatic carbocycles. The van der Waals surface area contributed by atoms with Gasteiger partial charge in [0.1, 0.15) is 6.61 Å². The SMILES string of the molecule is COc1cc(C)ccc1OCc1cc(C#CCN)cs1. The summed E-state index contributed by atoms with van der Waals surface area (Å²) >= 11 is 1.63. The molecular formula is C16H17NO2S. The van der Waals surface area contributed by atoms with Crippen LogP contribution in [0.2, 0.25) is 0 Å². The molecular weight excluding hydrogens is 270 g/mol. The van der Waals surface area contributed by atoms with Crippen LogP contribution in [-0.2, 0) is 6.61 Å². The predicted octanol–water partition coefficient (Wildman–Crippen LogP) is 2.95. The van der Waals surface area contributed by atoms with Gasteiger partial charge in [0.05, 0.1) is 13.7 Å². The van der Waals surface area contributed by atoms with Gasteiger partial charge < -0.3 is 15.2 Å². The highest BCUT2D eigenvalue weighted by Gasteiger charge is 2.05. The monoisotopic (exact) mass is 287 g/mol. The second-order valence-electron chi connectivity index (χ2n) is 4.25. The summed E-state index contributed by atoms with van der Waals surface area (Å²) in [7, 11) is 1.65. The summed E-state index contributed by atoms with van der Waals surface area (Å²) in [5.41, 5.74) is 7.48. The molecule has 20 heavy (non-hydrogen) atoms. The molecule has 2 aromatic rings. The van der Waals surface area contributed by atoms with E-state index in [0.717, 1.165) is 27.5 Å². The van der Waals surface area contributed by atoms with Crippen LogP contribution in [0.1, 0.15) is 16.0 Å². The molecule has 0 aliphatic rings. The molecule has 1 heterocycles. The van der Waals surface area contributed by atoms with E-state index in [4.69, 9.17) is 15.2 Å². The first kappa shape index (κ1) is 14.4. The van der Waals surface area contributed by atoms with Crippen LogP contribution < -0.4 is 15.2 Å². The summed E-state index contributed by atoms with van der Waals surface area (Å²) in [4.78, 5) is 1.12. The van der Waals surface area contributed by atoms with E-state index in [1.807, 2.05) is 36.6 Å². The third-order valence-electron chi connectivity index (χ3n) is 2.68. The van der Waals surface area contributed by atoms with E-state index in [2.05, 4.69) is 11.8 Å². The minimum absolute atomic E-state index is 0.377. The molecule has 0 radical (unpaired) electrons. The van der Waals surface area contributed by atoms with Crippen molar-refractivity contribution in [3.8, 4) is 23.3 Å². The summed E-state index contributed by atoms with van der Waals surface area (Å²) in [5.74, 6) is 7.35. The molecule has 0 saturated heterocycles. The molecule has 0 aliphatic heterocycles. The van der Waals surface area contributed by atoms with Crippen molar-refractivity contribution >= 4 is 11.3 Å². The number of methoxy groups -OCH3 is 1. The lowest BCUT2D eigenvalue weighted by atomic mass is 10.2. The Morgan fingerprint density at radius 1 is 1.25 bits per heavy atom. The Bertz CT molecular complexity index is 637. The highest BCUT2D eigenvalue weighted by atomic mass is 32.1. The Balaban J connectivity index is 2.03. The molecule has 0 amide bonds. The smallest absolute Gasteiger partial charge is 0.161 e. The van der Waals surface area contributed by atoms with Gasteiger partial charge in [-0.25, -0.2) is 0 Å². The maximum atomic E-state index is 5.80. The molecule has 4 heteroatoms. The maximum absolute atomic E-state index is 5.80. The molecule has 0 unspecified atom stereocenters. The number of thiophene rings is 1. The lowest BCUT2D eigenvalue weighted by Crippen LogP contribution is -1.96. The van der Waals surface area contributed by atoms with Gasteiger partial charge in [-0.3, -0.25) is 0 Å². The Morgan fingerprint density at radius 2 is 2.10 bits per heavy atom. The molecule has 0 aliphatic carbocycles. The zero-order valence-corrected chi connectivity index (χ0v) is 12.4. The molecule has 1 aromatic heterocycles. The minimum atomic E-state index is 0.377. The van der Waals surface area contributed by atoms with Crippen molar-refractivity contribution in [2.45, 2.75) is 13.5 Å². The van der Waals surface area contributed by atoms with Crippen LogP contribution in [0.25, 0.3) is 0 Å². The van der Waals surface area contributed by atoms with Crippen molar-refractivity contribution in [2.24, 2.45) is 5.73 Å². The van der Waals surface area contributed by atoms with E-state index < -0.39 is 0 Å². The number of benzene rings is 1. The number of nitrogens with two attached hydrogens (primary N) is 1. The normalized spacial score (nSPS) is 9.75. The third kappa shape index (κ3) is 3.77. The highest BCUT2D eigenvalue weighted by Crippen LogP contribution is 2.29. The molecule has 0 spiro atoms. The number of ether oxygens (including phenoxy) is 2. The van der Waals surface area contributed by atoms with Crippen LogP contribution in [0.3, 0.4) is 0 Å². The van der Waals surface area contributed by atoms with Gasteiger partial charge in [0, 0.05) is 15.8 Å².